The topological polar surface area (TPSA) is 127 Å². The number of hydrogen-bond donors (Lipinski definition) is 4. The summed E-state index contributed by atoms with van der Waals surface area (Å²) in [5.41, 5.74) is 9.00. The van der Waals surface area contributed by atoms with Gasteiger partial charge in [0.2, 0.25) is 5.95 Å². The first-order valence-corrected chi connectivity index (χ1v) is 12.1. The van der Waals surface area contributed by atoms with Gasteiger partial charge in [-0.15, -0.1) is 0 Å². The van der Waals surface area contributed by atoms with E-state index < -0.39 is 17.8 Å². The number of aromatic nitrogens is 3. The highest BCUT2D eigenvalue weighted by molar-refractivity contribution is 6.00. The van der Waals surface area contributed by atoms with E-state index >= 15 is 0 Å². The average molecular weight is 546 g/mol. The number of alkyl halides is 3. The van der Waals surface area contributed by atoms with Crippen molar-refractivity contribution in [3.8, 4) is 23.2 Å². The predicted octanol–water partition coefficient (Wildman–Crippen LogP) is 4.41. The lowest BCUT2D eigenvalue weighted by atomic mass is 10.1. The Kier molecular flexibility index (Phi) is 6.87. The first kappa shape index (κ1) is 26.3. The Morgan fingerprint density at radius 1 is 1.07 bits per heavy atom. The molecule has 40 heavy (non-hydrogen) atoms. The number of benzene rings is 2. The quantitative estimate of drug-likeness (QED) is 0.284. The van der Waals surface area contributed by atoms with Gasteiger partial charge in [-0.2, -0.15) is 13.2 Å². The Bertz CT molecular complexity index is 1700. The average Bonchev–Trinajstić information content (AvgIpc) is 3.25. The smallest absolute Gasteiger partial charge is 0.368 e. The van der Waals surface area contributed by atoms with Gasteiger partial charge in [-0.25, -0.2) is 14.8 Å². The molecule has 202 valence electrons. The zero-order valence-electron chi connectivity index (χ0n) is 21.1. The monoisotopic (exact) mass is 545 g/mol. The van der Waals surface area contributed by atoms with Crippen LogP contribution in [0.3, 0.4) is 0 Å². The predicted molar refractivity (Wildman–Crippen MR) is 143 cm³/mol. The van der Waals surface area contributed by atoms with Crippen molar-refractivity contribution >= 4 is 29.3 Å². The fourth-order valence-electron chi connectivity index (χ4n) is 4.32. The number of nitrogens with one attached hydrogen (secondary N) is 3. The lowest BCUT2D eigenvalue weighted by Gasteiger charge is -2.14. The maximum absolute atomic E-state index is 12.9. The summed E-state index contributed by atoms with van der Waals surface area (Å²) >= 11 is 0. The van der Waals surface area contributed by atoms with Crippen LogP contribution in [0.15, 0.2) is 60.8 Å². The summed E-state index contributed by atoms with van der Waals surface area (Å²) in [6.07, 6.45) is -2.34. The van der Waals surface area contributed by atoms with E-state index in [4.69, 9.17) is 5.73 Å². The summed E-state index contributed by atoms with van der Waals surface area (Å²) in [6, 6.07) is 12.0. The second-order valence-electron chi connectivity index (χ2n) is 8.93. The highest BCUT2D eigenvalue weighted by Crippen LogP contribution is 2.31. The molecular weight excluding hydrogens is 523 g/mol. The molecule has 9 nitrogen and oxygen atoms in total. The van der Waals surface area contributed by atoms with Crippen molar-refractivity contribution in [3.63, 3.8) is 0 Å². The molecule has 1 aliphatic rings. The van der Waals surface area contributed by atoms with E-state index in [9.17, 15) is 22.8 Å². The lowest BCUT2D eigenvalue weighted by Crippen LogP contribution is -2.31. The Morgan fingerprint density at radius 3 is 2.52 bits per heavy atom. The van der Waals surface area contributed by atoms with Crippen LogP contribution in [0.1, 0.15) is 32.7 Å². The van der Waals surface area contributed by atoms with Gasteiger partial charge in [0.25, 0.3) is 5.91 Å². The van der Waals surface area contributed by atoms with E-state index in [1.807, 2.05) is 11.6 Å². The van der Waals surface area contributed by atoms with Crippen molar-refractivity contribution in [2.75, 3.05) is 22.9 Å². The molecule has 5 N–H and O–H groups in total. The summed E-state index contributed by atoms with van der Waals surface area (Å²) in [5.74, 6) is 5.95. The van der Waals surface area contributed by atoms with E-state index in [1.165, 1.54) is 18.3 Å². The van der Waals surface area contributed by atoms with Crippen LogP contribution in [-0.2, 0) is 19.6 Å². The summed E-state index contributed by atoms with van der Waals surface area (Å²) in [4.78, 5) is 33.2. The third-order valence-electron chi connectivity index (χ3n) is 6.21. The molecule has 12 heteroatoms. The number of carbonyl (C=O) groups is 2. The molecular formula is C28H22F3N7O2. The van der Waals surface area contributed by atoms with Gasteiger partial charge in [-0.05, 0) is 42.5 Å². The summed E-state index contributed by atoms with van der Waals surface area (Å²) < 4.78 is 40.7. The lowest BCUT2D eigenvalue weighted by molar-refractivity contribution is -0.137. The Balaban J connectivity index is 1.37. The van der Waals surface area contributed by atoms with Crippen LogP contribution in [0.2, 0.25) is 0 Å². The maximum atomic E-state index is 12.9. The molecule has 0 aliphatic carbocycles. The highest BCUT2D eigenvalue weighted by Gasteiger charge is 2.30. The number of amides is 3. The molecule has 3 heterocycles. The van der Waals surface area contributed by atoms with Crippen molar-refractivity contribution in [1.82, 2.24) is 19.9 Å². The molecule has 5 rings (SSSR count). The minimum atomic E-state index is -4.52. The zero-order chi connectivity index (χ0) is 28.4. The number of urea groups is 1. The number of hydrogen-bond acceptors (Lipinski definition) is 5. The second-order valence-corrected chi connectivity index (χ2v) is 8.93. The third-order valence-corrected chi connectivity index (χ3v) is 6.21. The largest absolute Gasteiger partial charge is 0.416 e. The number of anilines is 3. The third kappa shape index (κ3) is 5.58. The Hall–Kier alpha value is -5.31. The van der Waals surface area contributed by atoms with Crippen LogP contribution >= 0.6 is 0 Å². The molecule has 0 radical (unpaired) electrons. The van der Waals surface area contributed by atoms with Crippen LogP contribution < -0.4 is 21.7 Å². The molecule has 0 unspecified atom stereocenters. The van der Waals surface area contributed by atoms with Gasteiger partial charge in [-0.1, -0.05) is 24.0 Å². The molecule has 2 aromatic carbocycles. The Labute approximate surface area is 226 Å². The molecule has 0 saturated heterocycles. The zero-order valence-corrected chi connectivity index (χ0v) is 21.1. The SMILES string of the molecule is Cn1c(-c2nc(N)ncc2C#Cc2cccc(NC(=O)Nc3cccc(C(F)(F)F)c3)c2)cc2c1CCNC2=O. The minimum Gasteiger partial charge on any atom is -0.368 e. The summed E-state index contributed by atoms with van der Waals surface area (Å²) in [6.45, 7) is 0.546. The summed E-state index contributed by atoms with van der Waals surface area (Å²) in [7, 11) is 1.85. The fourth-order valence-corrected chi connectivity index (χ4v) is 4.32. The van der Waals surface area contributed by atoms with Gasteiger partial charge in [0.05, 0.1) is 22.4 Å². The number of rotatable bonds is 3. The van der Waals surface area contributed by atoms with Gasteiger partial charge < -0.3 is 26.3 Å². The van der Waals surface area contributed by atoms with Gasteiger partial charge in [-0.3, -0.25) is 4.79 Å². The number of carbonyl (C=O) groups excluding carboxylic acids is 2. The van der Waals surface area contributed by atoms with Gasteiger partial charge >= 0.3 is 12.2 Å². The fraction of sp³-hybridized carbons (Fsp3) is 0.143. The Morgan fingerprint density at radius 2 is 1.80 bits per heavy atom. The minimum absolute atomic E-state index is 0.000937. The molecule has 1 aliphatic heterocycles. The molecule has 2 aromatic heterocycles. The van der Waals surface area contributed by atoms with E-state index in [-0.39, 0.29) is 17.5 Å². The van der Waals surface area contributed by atoms with Gasteiger partial charge in [0.1, 0.15) is 5.69 Å². The van der Waals surface area contributed by atoms with Crippen molar-refractivity contribution < 1.29 is 22.8 Å². The van der Waals surface area contributed by atoms with Crippen LogP contribution in [0, 0.1) is 11.8 Å². The highest BCUT2D eigenvalue weighted by atomic mass is 19.4. The molecule has 3 amide bonds. The normalized spacial score (nSPS) is 12.6. The number of halogens is 3. The van der Waals surface area contributed by atoms with Crippen LogP contribution in [0.4, 0.5) is 35.3 Å². The first-order valence-electron chi connectivity index (χ1n) is 12.1. The van der Waals surface area contributed by atoms with Crippen LogP contribution in [-0.4, -0.2) is 33.0 Å². The first-order chi connectivity index (χ1) is 19.1. The number of nitrogen functional groups attached to an aromatic ring is 1. The van der Waals surface area contributed by atoms with Crippen molar-refractivity contribution in [2.45, 2.75) is 12.6 Å². The van der Waals surface area contributed by atoms with Crippen molar-refractivity contribution in [2.24, 2.45) is 7.05 Å². The van der Waals surface area contributed by atoms with Gasteiger partial charge in [0.15, 0.2) is 0 Å². The van der Waals surface area contributed by atoms with Crippen molar-refractivity contribution in [1.29, 1.82) is 0 Å². The van der Waals surface area contributed by atoms with Crippen LogP contribution in [0.25, 0.3) is 11.4 Å². The number of nitrogens with zero attached hydrogens (tertiary/aromatic N) is 3. The van der Waals surface area contributed by atoms with Crippen molar-refractivity contribution in [3.05, 3.63) is 88.7 Å². The second kappa shape index (κ2) is 10.5. The van der Waals surface area contributed by atoms with E-state index in [2.05, 4.69) is 37.8 Å². The molecule has 0 bridgehead atoms. The molecule has 0 saturated carbocycles. The van der Waals surface area contributed by atoms with Gasteiger partial charge in [0, 0.05) is 48.8 Å². The molecule has 4 aromatic rings. The van der Waals surface area contributed by atoms with Crippen LogP contribution in [0.5, 0.6) is 0 Å². The molecule has 0 fully saturated rings. The number of nitrogens with two attached hydrogens (primary N) is 1. The van der Waals surface area contributed by atoms with E-state index in [0.717, 1.165) is 17.8 Å². The maximum Gasteiger partial charge on any atom is 0.416 e. The van der Waals surface area contributed by atoms with E-state index in [1.54, 1.807) is 30.3 Å². The standard InChI is InChI=1S/C28H22F3N7O2/c1-38-22-10-11-33-25(39)21(22)14-23(38)24-17(15-34-26(32)37-24)9-8-16-4-2-6-19(12-16)35-27(40)36-20-7-3-5-18(13-20)28(29,30)31/h2-7,12-15H,10-11H2,1H3,(H,33,39)(H2,32,34,37)(H2,35,36,40). The molecule has 0 atom stereocenters. The summed E-state index contributed by atoms with van der Waals surface area (Å²) in [5, 5.41) is 7.81. The number of fused-ring (bicyclic) bond motifs is 1. The van der Waals surface area contributed by atoms with E-state index in [0.29, 0.717) is 46.7 Å². The molecule has 0 spiro atoms.